The van der Waals surface area contributed by atoms with Gasteiger partial charge in [-0.1, -0.05) is 6.92 Å². The standard InChI is InChI=1S/C14H22N4O3/c1-3-5-16-13(19)12(10-15)11-17-6-8-18(9-7-17)14(20)21-4-2/h11H,3-9H2,1-2H3,(H,16,19)/b12-11-. The highest BCUT2D eigenvalue weighted by Crippen LogP contribution is 2.06. The first-order valence-corrected chi connectivity index (χ1v) is 7.18. The Hall–Kier alpha value is -2.23. The molecule has 0 unspecified atom stereocenters. The van der Waals surface area contributed by atoms with Gasteiger partial charge in [-0.15, -0.1) is 0 Å². The number of carbonyl (C=O) groups is 2. The lowest BCUT2D eigenvalue weighted by atomic mass is 10.2. The maximum Gasteiger partial charge on any atom is 0.409 e. The van der Waals surface area contributed by atoms with Crippen LogP contribution in [0.2, 0.25) is 0 Å². The molecule has 116 valence electrons. The van der Waals surface area contributed by atoms with Crippen molar-refractivity contribution < 1.29 is 14.3 Å². The van der Waals surface area contributed by atoms with Crippen LogP contribution in [0.25, 0.3) is 0 Å². The molecule has 0 saturated carbocycles. The Balaban J connectivity index is 2.52. The molecule has 0 spiro atoms. The number of nitrogens with one attached hydrogen (secondary N) is 1. The molecule has 0 aromatic heterocycles. The van der Waals surface area contributed by atoms with E-state index in [2.05, 4.69) is 5.32 Å². The van der Waals surface area contributed by atoms with Crippen LogP contribution in [-0.4, -0.2) is 61.1 Å². The Kier molecular flexibility index (Phi) is 7.09. The van der Waals surface area contributed by atoms with Crippen molar-refractivity contribution in [1.82, 2.24) is 15.1 Å². The van der Waals surface area contributed by atoms with Gasteiger partial charge in [0.1, 0.15) is 11.6 Å². The van der Waals surface area contributed by atoms with Crippen LogP contribution in [0.15, 0.2) is 11.8 Å². The SMILES string of the molecule is CCCNC(=O)/C(C#N)=C\N1CCN(C(=O)OCC)CC1. The molecule has 0 aromatic rings. The van der Waals surface area contributed by atoms with Crippen LogP contribution < -0.4 is 5.32 Å². The normalized spacial score (nSPS) is 15.4. The van der Waals surface area contributed by atoms with Crippen molar-refractivity contribution in [2.45, 2.75) is 20.3 Å². The maximum absolute atomic E-state index is 11.8. The molecule has 1 aliphatic heterocycles. The Morgan fingerprint density at radius 2 is 1.95 bits per heavy atom. The zero-order valence-electron chi connectivity index (χ0n) is 12.6. The molecular formula is C14H22N4O3. The van der Waals surface area contributed by atoms with Crippen molar-refractivity contribution in [1.29, 1.82) is 5.26 Å². The van der Waals surface area contributed by atoms with Gasteiger partial charge in [-0.05, 0) is 13.3 Å². The van der Waals surface area contributed by atoms with Crippen LogP contribution >= 0.6 is 0 Å². The van der Waals surface area contributed by atoms with Crippen molar-refractivity contribution in [2.75, 3.05) is 39.3 Å². The van der Waals surface area contributed by atoms with Crippen LogP contribution in [0.1, 0.15) is 20.3 Å². The Morgan fingerprint density at radius 1 is 1.29 bits per heavy atom. The van der Waals surface area contributed by atoms with Gasteiger partial charge >= 0.3 is 6.09 Å². The summed E-state index contributed by atoms with van der Waals surface area (Å²) in [5.74, 6) is -0.354. The van der Waals surface area contributed by atoms with E-state index in [1.807, 2.05) is 17.9 Å². The van der Waals surface area contributed by atoms with E-state index in [0.29, 0.717) is 39.3 Å². The smallest absolute Gasteiger partial charge is 0.409 e. The summed E-state index contributed by atoms with van der Waals surface area (Å²) in [6.45, 7) is 6.81. The van der Waals surface area contributed by atoms with E-state index in [4.69, 9.17) is 10.00 Å². The fourth-order valence-electron chi connectivity index (χ4n) is 1.90. The molecule has 1 heterocycles. The Bertz CT molecular complexity index is 434. The molecule has 1 saturated heterocycles. The molecule has 1 rings (SSSR count). The average Bonchev–Trinajstić information content (AvgIpc) is 2.51. The number of carbonyl (C=O) groups excluding carboxylic acids is 2. The van der Waals surface area contributed by atoms with Gasteiger partial charge in [0, 0.05) is 38.9 Å². The highest BCUT2D eigenvalue weighted by atomic mass is 16.6. The van der Waals surface area contributed by atoms with E-state index in [9.17, 15) is 9.59 Å². The molecule has 1 fully saturated rings. The van der Waals surface area contributed by atoms with Crippen molar-refractivity contribution in [3.63, 3.8) is 0 Å². The van der Waals surface area contributed by atoms with Crippen molar-refractivity contribution in [3.8, 4) is 6.07 Å². The lowest BCUT2D eigenvalue weighted by molar-refractivity contribution is -0.117. The molecule has 21 heavy (non-hydrogen) atoms. The fraction of sp³-hybridized carbons (Fsp3) is 0.643. The van der Waals surface area contributed by atoms with Crippen LogP contribution in [0, 0.1) is 11.3 Å². The molecule has 0 bridgehead atoms. The number of piperazine rings is 1. The third-order valence-corrected chi connectivity index (χ3v) is 3.05. The number of hydrogen-bond acceptors (Lipinski definition) is 5. The lowest BCUT2D eigenvalue weighted by Crippen LogP contribution is -2.47. The van der Waals surface area contributed by atoms with Gasteiger partial charge < -0.3 is 19.9 Å². The topological polar surface area (TPSA) is 85.7 Å². The molecule has 1 aliphatic rings. The van der Waals surface area contributed by atoms with Crippen LogP contribution in [0.5, 0.6) is 0 Å². The zero-order chi connectivity index (χ0) is 15.7. The van der Waals surface area contributed by atoms with Gasteiger partial charge in [0.2, 0.25) is 0 Å². The predicted molar refractivity (Wildman–Crippen MR) is 77.2 cm³/mol. The van der Waals surface area contributed by atoms with Crippen LogP contribution in [-0.2, 0) is 9.53 Å². The van der Waals surface area contributed by atoms with E-state index < -0.39 is 0 Å². The van der Waals surface area contributed by atoms with Crippen molar-refractivity contribution in [2.24, 2.45) is 0 Å². The Labute approximate surface area is 125 Å². The number of ether oxygens (including phenoxy) is 1. The minimum atomic E-state index is -0.354. The predicted octanol–water partition coefficient (Wildman–Crippen LogP) is 0.694. The number of hydrogen-bond donors (Lipinski definition) is 1. The number of nitriles is 1. The second-order valence-corrected chi connectivity index (χ2v) is 4.63. The fourth-order valence-corrected chi connectivity index (χ4v) is 1.90. The lowest BCUT2D eigenvalue weighted by Gasteiger charge is -2.33. The van der Waals surface area contributed by atoms with Crippen LogP contribution in [0.4, 0.5) is 4.79 Å². The van der Waals surface area contributed by atoms with E-state index >= 15 is 0 Å². The molecule has 0 atom stereocenters. The molecular weight excluding hydrogens is 272 g/mol. The summed E-state index contributed by atoms with van der Waals surface area (Å²) in [6.07, 6.45) is 2.07. The molecule has 0 radical (unpaired) electrons. The third-order valence-electron chi connectivity index (χ3n) is 3.05. The molecule has 0 aliphatic carbocycles. The summed E-state index contributed by atoms with van der Waals surface area (Å²) in [6, 6.07) is 1.91. The number of rotatable bonds is 5. The minimum absolute atomic E-state index is 0.0908. The second kappa shape index (κ2) is 8.84. The molecule has 7 nitrogen and oxygen atoms in total. The monoisotopic (exact) mass is 294 g/mol. The summed E-state index contributed by atoms with van der Waals surface area (Å²) in [5.41, 5.74) is 0.0908. The maximum atomic E-state index is 11.8. The highest BCUT2D eigenvalue weighted by molar-refractivity contribution is 5.97. The number of amides is 2. The van der Waals surface area contributed by atoms with Gasteiger partial charge in [-0.2, -0.15) is 5.26 Å². The van der Waals surface area contributed by atoms with Gasteiger partial charge in [-0.25, -0.2) is 4.79 Å². The minimum Gasteiger partial charge on any atom is -0.450 e. The second-order valence-electron chi connectivity index (χ2n) is 4.63. The van der Waals surface area contributed by atoms with E-state index in [-0.39, 0.29) is 17.6 Å². The zero-order valence-corrected chi connectivity index (χ0v) is 12.6. The third kappa shape index (κ3) is 5.34. The first-order chi connectivity index (χ1) is 10.1. The van der Waals surface area contributed by atoms with Gasteiger partial charge in [0.15, 0.2) is 0 Å². The Morgan fingerprint density at radius 3 is 2.48 bits per heavy atom. The largest absolute Gasteiger partial charge is 0.450 e. The summed E-state index contributed by atoms with van der Waals surface area (Å²) in [7, 11) is 0. The van der Waals surface area contributed by atoms with Crippen molar-refractivity contribution in [3.05, 3.63) is 11.8 Å². The molecule has 7 heteroatoms. The highest BCUT2D eigenvalue weighted by Gasteiger charge is 2.21. The molecule has 2 amide bonds. The van der Waals surface area contributed by atoms with Gasteiger partial charge in [0.25, 0.3) is 5.91 Å². The first-order valence-electron chi connectivity index (χ1n) is 7.18. The average molecular weight is 294 g/mol. The van der Waals surface area contributed by atoms with Gasteiger partial charge in [-0.3, -0.25) is 4.79 Å². The summed E-state index contributed by atoms with van der Waals surface area (Å²) in [4.78, 5) is 26.8. The summed E-state index contributed by atoms with van der Waals surface area (Å²) < 4.78 is 4.94. The summed E-state index contributed by atoms with van der Waals surface area (Å²) >= 11 is 0. The van der Waals surface area contributed by atoms with Crippen molar-refractivity contribution >= 4 is 12.0 Å². The van der Waals surface area contributed by atoms with E-state index in [1.165, 1.54) is 0 Å². The van der Waals surface area contributed by atoms with Crippen LogP contribution in [0.3, 0.4) is 0 Å². The number of nitrogens with zero attached hydrogens (tertiary/aromatic N) is 3. The molecule has 0 aromatic carbocycles. The van der Waals surface area contributed by atoms with E-state index in [1.54, 1.807) is 18.0 Å². The van der Waals surface area contributed by atoms with Gasteiger partial charge in [0.05, 0.1) is 6.61 Å². The summed E-state index contributed by atoms with van der Waals surface area (Å²) in [5, 5.41) is 11.7. The quantitative estimate of drug-likeness (QED) is 0.595. The first kappa shape index (κ1) is 16.8. The van der Waals surface area contributed by atoms with E-state index in [0.717, 1.165) is 6.42 Å². The molecule has 1 N–H and O–H groups in total.